The first-order valence-corrected chi connectivity index (χ1v) is 5.29. The third kappa shape index (κ3) is 1.75. The lowest BCUT2D eigenvalue weighted by Crippen LogP contribution is -2.36. The summed E-state index contributed by atoms with van der Waals surface area (Å²) >= 11 is 4.84. The summed E-state index contributed by atoms with van der Waals surface area (Å²) in [5.74, 6) is 0. The Hall–Kier alpha value is -0.200. The zero-order valence-electron chi connectivity index (χ0n) is 6.36. The van der Waals surface area contributed by atoms with Gasteiger partial charge in [-0.25, -0.2) is 0 Å². The van der Waals surface area contributed by atoms with Gasteiger partial charge in [-0.15, -0.1) is 10.2 Å². The Labute approximate surface area is 82.7 Å². The van der Waals surface area contributed by atoms with Crippen molar-refractivity contribution < 1.29 is 4.74 Å². The second-order valence-corrected chi connectivity index (χ2v) is 4.67. The third-order valence-corrected chi connectivity index (χ3v) is 3.09. The van der Waals surface area contributed by atoms with E-state index in [1.54, 1.807) is 11.3 Å². The lowest BCUT2D eigenvalue weighted by atomic mass is 10.5. The molecule has 2 rings (SSSR count). The molecule has 1 saturated heterocycles. The molecule has 0 aromatic carbocycles. The smallest absolute Gasteiger partial charge is 0.209 e. The molecular weight excluding hydrogens is 242 g/mol. The highest BCUT2D eigenvalue weighted by atomic mass is 79.9. The van der Waals surface area contributed by atoms with Crippen LogP contribution in [0.1, 0.15) is 0 Å². The Morgan fingerprint density at radius 3 is 2.67 bits per heavy atom. The summed E-state index contributed by atoms with van der Waals surface area (Å²) in [7, 11) is 0. The Bertz CT molecular complexity index is 261. The highest BCUT2D eigenvalue weighted by molar-refractivity contribution is 9.11. The van der Waals surface area contributed by atoms with Crippen molar-refractivity contribution in [1.82, 2.24) is 10.2 Å². The van der Waals surface area contributed by atoms with Crippen LogP contribution in [0.5, 0.6) is 0 Å². The number of halogens is 1. The van der Waals surface area contributed by atoms with Crippen LogP contribution in [0, 0.1) is 0 Å². The fourth-order valence-electron chi connectivity index (χ4n) is 1.08. The lowest BCUT2D eigenvalue weighted by Gasteiger charge is -2.25. The number of hydrogen-bond acceptors (Lipinski definition) is 5. The number of rotatable bonds is 1. The van der Waals surface area contributed by atoms with Gasteiger partial charge >= 0.3 is 0 Å². The molecule has 2 heterocycles. The molecule has 0 amide bonds. The van der Waals surface area contributed by atoms with E-state index in [0.717, 1.165) is 35.4 Å². The summed E-state index contributed by atoms with van der Waals surface area (Å²) in [6.07, 6.45) is 0. The van der Waals surface area contributed by atoms with Crippen LogP contribution in [0.3, 0.4) is 0 Å². The quantitative estimate of drug-likeness (QED) is 0.749. The maximum atomic E-state index is 5.23. The molecule has 4 nitrogen and oxygen atoms in total. The molecule has 0 bridgehead atoms. The molecule has 66 valence electrons. The van der Waals surface area contributed by atoms with Crippen molar-refractivity contribution in [1.29, 1.82) is 0 Å². The molecule has 0 N–H and O–H groups in total. The van der Waals surface area contributed by atoms with E-state index in [0.29, 0.717) is 0 Å². The van der Waals surface area contributed by atoms with E-state index in [4.69, 9.17) is 4.74 Å². The fraction of sp³-hybridized carbons (Fsp3) is 0.667. The number of aromatic nitrogens is 2. The van der Waals surface area contributed by atoms with Gasteiger partial charge in [0.25, 0.3) is 0 Å². The number of hydrogen-bond donors (Lipinski definition) is 0. The second-order valence-electron chi connectivity index (χ2n) is 2.44. The van der Waals surface area contributed by atoms with Crippen LogP contribution in [0.25, 0.3) is 0 Å². The van der Waals surface area contributed by atoms with Gasteiger partial charge in [-0.3, -0.25) is 0 Å². The van der Waals surface area contributed by atoms with Gasteiger partial charge in [0.15, 0.2) is 3.92 Å². The number of ether oxygens (including phenoxy) is 1. The van der Waals surface area contributed by atoms with Gasteiger partial charge < -0.3 is 9.64 Å². The molecule has 6 heteroatoms. The summed E-state index contributed by atoms with van der Waals surface area (Å²) in [5.41, 5.74) is 0. The fourth-order valence-corrected chi connectivity index (χ4v) is 2.22. The van der Waals surface area contributed by atoms with Crippen molar-refractivity contribution in [3.05, 3.63) is 3.92 Å². The highest BCUT2D eigenvalue weighted by Crippen LogP contribution is 2.24. The largest absolute Gasteiger partial charge is 0.378 e. The maximum absolute atomic E-state index is 5.23. The van der Waals surface area contributed by atoms with Crippen molar-refractivity contribution in [2.24, 2.45) is 0 Å². The van der Waals surface area contributed by atoms with Crippen LogP contribution in [0.2, 0.25) is 0 Å². The topological polar surface area (TPSA) is 38.2 Å². The van der Waals surface area contributed by atoms with Gasteiger partial charge in [0.05, 0.1) is 13.2 Å². The van der Waals surface area contributed by atoms with Crippen LogP contribution < -0.4 is 4.90 Å². The normalized spacial score (nSPS) is 18.2. The maximum Gasteiger partial charge on any atom is 0.209 e. The minimum absolute atomic E-state index is 0.789. The van der Waals surface area contributed by atoms with E-state index in [1.165, 1.54) is 0 Å². The van der Waals surface area contributed by atoms with Crippen LogP contribution in [-0.2, 0) is 4.74 Å². The summed E-state index contributed by atoms with van der Waals surface area (Å²) in [6.45, 7) is 3.41. The predicted octanol–water partition coefficient (Wildman–Crippen LogP) is 1.14. The molecule has 1 aliphatic rings. The molecule has 0 radical (unpaired) electrons. The molecule has 12 heavy (non-hydrogen) atoms. The van der Waals surface area contributed by atoms with E-state index in [1.807, 2.05) is 0 Å². The predicted molar refractivity (Wildman–Crippen MR) is 50.6 cm³/mol. The molecule has 0 saturated carbocycles. The average molecular weight is 250 g/mol. The van der Waals surface area contributed by atoms with Crippen molar-refractivity contribution in [3.63, 3.8) is 0 Å². The van der Waals surface area contributed by atoms with Crippen molar-refractivity contribution in [3.8, 4) is 0 Å². The van der Waals surface area contributed by atoms with Crippen LogP contribution in [-0.4, -0.2) is 36.5 Å². The molecule has 1 aromatic heterocycles. The zero-order chi connectivity index (χ0) is 8.39. The first kappa shape index (κ1) is 8.40. The summed E-state index contributed by atoms with van der Waals surface area (Å²) in [5, 5.41) is 8.90. The Kier molecular flexibility index (Phi) is 2.57. The van der Waals surface area contributed by atoms with Gasteiger partial charge in [-0.2, -0.15) is 0 Å². The first-order valence-electron chi connectivity index (χ1n) is 3.68. The number of anilines is 1. The summed E-state index contributed by atoms with van der Waals surface area (Å²) in [4.78, 5) is 2.19. The molecule has 1 aliphatic heterocycles. The Morgan fingerprint density at radius 2 is 2.08 bits per heavy atom. The van der Waals surface area contributed by atoms with Crippen molar-refractivity contribution >= 4 is 32.4 Å². The molecule has 1 fully saturated rings. The van der Waals surface area contributed by atoms with Gasteiger partial charge in [0.2, 0.25) is 5.13 Å². The van der Waals surface area contributed by atoms with Crippen LogP contribution >= 0.6 is 27.3 Å². The zero-order valence-corrected chi connectivity index (χ0v) is 8.77. The number of morpholine rings is 1. The SMILES string of the molecule is Brc1nnc(N2CCOCC2)s1. The van der Waals surface area contributed by atoms with Gasteiger partial charge in [-0.1, -0.05) is 11.3 Å². The lowest BCUT2D eigenvalue weighted by molar-refractivity contribution is 0.122. The molecule has 0 aliphatic carbocycles. The minimum atomic E-state index is 0.789. The van der Waals surface area contributed by atoms with E-state index in [2.05, 4.69) is 31.0 Å². The molecule has 0 spiro atoms. The standard InChI is InChI=1S/C6H8BrN3OS/c7-5-8-9-6(12-5)10-1-3-11-4-2-10/h1-4H2. The monoisotopic (exact) mass is 249 g/mol. The van der Waals surface area contributed by atoms with Crippen LogP contribution in [0.4, 0.5) is 5.13 Å². The van der Waals surface area contributed by atoms with E-state index in [9.17, 15) is 0 Å². The van der Waals surface area contributed by atoms with Crippen molar-refractivity contribution in [2.75, 3.05) is 31.2 Å². The van der Waals surface area contributed by atoms with E-state index < -0.39 is 0 Å². The Balaban J connectivity index is 2.08. The third-order valence-electron chi connectivity index (χ3n) is 1.67. The Morgan fingerprint density at radius 1 is 1.33 bits per heavy atom. The van der Waals surface area contributed by atoms with Gasteiger partial charge in [0, 0.05) is 13.1 Å². The van der Waals surface area contributed by atoms with Gasteiger partial charge in [0.1, 0.15) is 0 Å². The molecular formula is C6H8BrN3OS. The summed E-state index contributed by atoms with van der Waals surface area (Å²) in [6, 6.07) is 0. The highest BCUT2D eigenvalue weighted by Gasteiger charge is 2.14. The van der Waals surface area contributed by atoms with E-state index >= 15 is 0 Å². The average Bonchev–Trinajstić information content (AvgIpc) is 2.54. The number of nitrogens with zero attached hydrogens (tertiary/aromatic N) is 3. The van der Waals surface area contributed by atoms with Crippen LogP contribution in [0.15, 0.2) is 3.92 Å². The van der Waals surface area contributed by atoms with E-state index in [-0.39, 0.29) is 0 Å². The molecule has 0 unspecified atom stereocenters. The minimum Gasteiger partial charge on any atom is -0.378 e. The molecule has 1 aromatic rings. The second kappa shape index (κ2) is 3.68. The van der Waals surface area contributed by atoms with Gasteiger partial charge in [-0.05, 0) is 15.9 Å². The molecule has 0 atom stereocenters. The summed E-state index contributed by atoms with van der Waals surface area (Å²) < 4.78 is 6.07. The first-order chi connectivity index (χ1) is 5.86. The van der Waals surface area contributed by atoms with Crippen molar-refractivity contribution in [2.45, 2.75) is 0 Å².